The number of nitrogens with zero attached hydrogens (tertiary/aromatic N) is 3. The largest absolute Gasteiger partial charge is 0.329 e. The maximum Gasteiger partial charge on any atom is 0.257 e. The summed E-state index contributed by atoms with van der Waals surface area (Å²) >= 11 is 0. The highest BCUT2D eigenvalue weighted by Gasteiger charge is 2.30. The predicted molar refractivity (Wildman–Crippen MR) is 98.0 cm³/mol. The molecule has 2 aliphatic rings. The zero-order valence-electron chi connectivity index (χ0n) is 14.9. The lowest BCUT2D eigenvalue weighted by molar-refractivity contribution is -0.116. The summed E-state index contributed by atoms with van der Waals surface area (Å²) in [7, 11) is 0. The Kier molecular flexibility index (Phi) is 4.41. The Hall–Kier alpha value is -2.76. The summed E-state index contributed by atoms with van der Waals surface area (Å²) in [6, 6.07) is 7.61. The normalized spacial score (nSPS) is 16.8. The quantitative estimate of drug-likeness (QED) is 0.920. The summed E-state index contributed by atoms with van der Waals surface area (Å²) in [4.78, 5) is 35.8. The number of anilines is 1. The molecule has 1 N–H and O–H groups in total. The second kappa shape index (κ2) is 6.86. The number of aryl methyl sites for hydroxylation is 2. The van der Waals surface area contributed by atoms with Crippen molar-refractivity contribution < 1.29 is 9.59 Å². The van der Waals surface area contributed by atoms with E-state index in [1.165, 1.54) is 0 Å². The molecule has 1 aliphatic heterocycles. The van der Waals surface area contributed by atoms with E-state index >= 15 is 0 Å². The molecule has 0 atom stereocenters. The van der Waals surface area contributed by atoms with Crippen molar-refractivity contribution in [3.8, 4) is 0 Å². The standard InChI is InChI=1S/C20H22N4O2/c1-13-4-8-15(9-5-13)22-18(25)12-24-10-2-3-17-16(20(24)26)11-21-19(23-17)14-6-7-14/h4-5,8-9,11,14H,2-3,6-7,10,12H2,1H3,(H,22,25). The molecule has 0 saturated heterocycles. The maximum atomic E-state index is 12.8. The number of hydrogen-bond donors (Lipinski definition) is 1. The molecule has 1 fully saturated rings. The van der Waals surface area contributed by atoms with Crippen LogP contribution in [-0.2, 0) is 11.2 Å². The molecule has 2 heterocycles. The van der Waals surface area contributed by atoms with Crippen molar-refractivity contribution in [2.75, 3.05) is 18.4 Å². The van der Waals surface area contributed by atoms with Gasteiger partial charge in [-0.2, -0.15) is 0 Å². The Balaban J connectivity index is 1.45. The third kappa shape index (κ3) is 3.59. The van der Waals surface area contributed by atoms with Crippen LogP contribution in [0.3, 0.4) is 0 Å². The average molecular weight is 350 g/mol. The molecule has 26 heavy (non-hydrogen) atoms. The molecule has 0 bridgehead atoms. The van der Waals surface area contributed by atoms with Gasteiger partial charge in [-0.3, -0.25) is 9.59 Å². The minimum absolute atomic E-state index is 0.0382. The molecule has 2 aromatic rings. The number of benzene rings is 1. The van der Waals surface area contributed by atoms with E-state index in [2.05, 4.69) is 15.3 Å². The molecule has 1 aliphatic carbocycles. The second-order valence-corrected chi connectivity index (χ2v) is 7.11. The number of fused-ring (bicyclic) bond motifs is 1. The Bertz CT molecular complexity index is 843. The van der Waals surface area contributed by atoms with Crippen LogP contribution < -0.4 is 5.32 Å². The molecule has 6 nitrogen and oxygen atoms in total. The van der Waals surface area contributed by atoms with Crippen LogP contribution in [0.25, 0.3) is 0 Å². The first-order valence-corrected chi connectivity index (χ1v) is 9.12. The topological polar surface area (TPSA) is 75.2 Å². The Labute approximate surface area is 152 Å². The van der Waals surface area contributed by atoms with E-state index in [-0.39, 0.29) is 18.4 Å². The van der Waals surface area contributed by atoms with Crippen molar-refractivity contribution in [3.63, 3.8) is 0 Å². The van der Waals surface area contributed by atoms with Gasteiger partial charge in [0, 0.05) is 24.3 Å². The number of rotatable bonds is 4. The van der Waals surface area contributed by atoms with Crippen molar-refractivity contribution in [3.05, 3.63) is 53.1 Å². The van der Waals surface area contributed by atoms with Crippen LogP contribution in [0, 0.1) is 6.92 Å². The van der Waals surface area contributed by atoms with Crippen LogP contribution in [0.2, 0.25) is 0 Å². The maximum absolute atomic E-state index is 12.8. The van der Waals surface area contributed by atoms with E-state index in [0.717, 1.165) is 48.5 Å². The highest BCUT2D eigenvalue weighted by atomic mass is 16.2. The molecule has 6 heteroatoms. The van der Waals surface area contributed by atoms with Crippen LogP contribution >= 0.6 is 0 Å². The third-order valence-corrected chi connectivity index (χ3v) is 4.86. The number of nitrogens with one attached hydrogen (secondary N) is 1. The van der Waals surface area contributed by atoms with Gasteiger partial charge in [0.25, 0.3) is 5.91 Å². The van der Waals surface area contributed by atoms with Gasteiger partial charge >= 0.3 is 0 Å². The molecule has 4 rings (SSSR count). The van der Waals surface area contributed by atoms with Gasteiger partial charge in [-0.1, -0.05) is 17.7 Å². The predicted octanol–water partition coefficient (Wildman–Crippen LogP) is 2.69. The average Bonchev–Trinajstić information content (AvgIpc) is 3.47. The fraction of sp³-hybridized carbons (Fsp3) is 0.400. The SMILES string of the molecule is Cc1ccc(NC(=O)CN2CCCc3nc(C4CC4)ncc3C2=O)cc1. The van der Waals surface area contributed by atoms with Crippen molar-refractivity contribution in [2.45, 2.75) is 38.5 Å². The van der Waals surface area contributed by atoms with E-state index in [1.807, 2.05) is 31.2 Å². The number of carbonyl (C=O) groups is 2. The molecule has 1 saturated carbocycles. The van der Waals surface area contributed by atoms with Crippen LogP contribution in [0.4, 0.5) is 5.69 Å². The van der Waals surface area contributed by atoms with E-state index in [9.17, 15) is 9.59 Å². The van der Waals surface area contributed by atoms with Gasteiger partial charge in [-0.05, 0) is 44.7 Å². The molecule has 1 aromatic heterocycles. The highest BCUT2D eigenvalue weighted by Crippen LogP contribution is 2.38. The van der Waals surface area contributed by atoms with Gasteiger partial charge in [0.15, 0.2) is 0 Å². The van der Waals surface area contributed by atoms with E-state index in [0.29, 0.717) is 18.0 Å². The number of amides is 2. The molecule has 134 valence electrons. The minimum atomic E-state index is -0.193. The fourth-order valence-corrected chi connectivity index (χ4v) is 3.21. The Morgan fingerprint density at radius 2 is 2.04 bits per heavy atom. The van der Waals surface area contributed by atoms with Crippen LogP contribution in [0.1, 0.15) is 52.6 Å². The summed E-state index contributed by atoms with van der Waals surface area (Å²) < 4.78 is 0. The van der Waals surface area contributed by atoms with Crippen molar-refractivity contribution in [1.82, 2.24) is 14.9 Å². The molecular formula is C20H22N4O2. The van der Waals surface area contributed by atoms with Gasteiger partial charge in [-0.15, -0.1) is 0 Å². The van der Waals surface area contributed by atoms with Crippen LogP contribution in [-0.4, -0.2) is 39.8 Å². The number of aromatic nitrogens is 2. The summed E-state index contributed by atoms with van der Waals surface area (Å²) in [5.74, 6) is 0.984. The summed E-state index contributed by atoms with van der Waals surface area (Å²) in [6.07, 6.45) is 5.47. The first kappa shape index (κ1) is 16.7. The number of hydrogen-bond acceptors (Lipinski definition) is 4. The zero-order chi connectivity index (χ0) is 18.1. The smallest absolute Gasteiger partial charge is 0.257 e. The lowest BCUT2D eigenvalue weighted by Crippen LogP contribution is -2.38. The monoisotopic (exact) mass is 350 g/mol. The first-order chi connectivity index (χ1) is 12.6. The van der Waals surface area contributed by atoms with E-state index in [4.69, 9.17) is 0 Å². The third-order valence-electron chi connectivity index (χ3n) is 4.86. The lowest BCUT2D eigenvalue weighted by Gasteiger charge is -2.20. The van der Waals surface area contributed by atoms with Crippen molar-refractivity contribution >= 4 is 17.5 Å². The first-order valence-electron chi connectivity index (χ1n) is 9.12. The fourth-order valence-electron chi connectivity index (χ4n) is 3.21. The van der Waals surface area contributed by atoms with Gasteiger partial charge in [0.05, 0.1) is 11.3 Å². The van der Waals surface area contributed by atoms with Gasteiger partial charge in [-0.25, -0.2) is 9.97 Å². The van der Waals surface area contributed by atoms with Crippen molar-refractivity contribution in [1.29, 1.82) is 0 Å². The van der Waals surface area contributed by atoms with Gasteiger partial charge < -0.3 is 10.2 Å². The van der Waals surface area contributed by atoms with Gasteiger partial charge in [0.2, 0.25) is 5.91 Å². The summed E-state index contributed by atoms with van der Waals surface area (Å²) in [5, 5.41) is 2.85. The molecular weight excluding hydrogens is 328 g/mol. The highest BCUT2D eigenvalue weighted by molar-refractivity contribution is 6.00. The van der Waals surface area contributed by atoms with Crippen LogP contribution in [0.5, 0.6) is 0 Å². The molecule has 0 unspecified atom stereocenters. The zero-order valence-corrected chi connectivity index (χ0v) is 14.9. The number of carbonyl (C=O) groups excluding carboxylic acids is 2. The molecule has 0 spiro atoms. The minimum Gasteiger partial charge on any atom is -0.329 e. The second-order valence-electron chi connectivity index (χ2n) is 7.11. The van der Waals surface area contributed by atoms with Crippen LogP contribution in [0.15, 0.2) is 30.5 Å². The molecule has 0 radical (unpaired) electrons. The summed E-state index contributed by atoms with van der Waals surface area (Å²) in [5.41, 5.74) is 3.23. The Morgan fingerprint density at radius 1 is 1.27 bits per heavy atom. The molecule has 1 aromatic carbocycles. The molecule has 2 amide bonds. The Morgan fingerprint density at radius 3 is 2.77 bits per heavy atom. The lowest BCUT2D eigenvalue weighted by atomic mass is 10.1. The van der Waals surface area contributed by atoms with Gasteiger partial charge in [0.1, 0.15) is 12.4 Å². The summed E-state index contributed by atoms with van der Waals surface area (Å²) in [6.45, 7) is 2.58. The van der Waals surface area contributed by atoms with E-state index < -0.39 is 0 Å². The van der Waals surface area contributed by atoms with Crippen molar-refractivity contribution in [2.24, 2.45) is 0 Å². The van der Waals surface area contributed by atoms with E-state index in [1.54, 1.807) is 11.1 Å².